The molecule has 0 saturated carbocycles. The van der Waals surface area contributed by atoms with Gasteiger partial charge in [0.2, 0.25) is 0 Å². The number of nitrogens with zero attached hydrogens (tertiary/aromatic N) is 2. The van der Waals surface area contributed by atoms with Crippen molar-refractivity contribution < 1.29 is 0 Å². The lowest BCUT2D eigenvalue weighted by molar-refractivity contribution is 1.05. The first-order valence-electron chi connectivity index (χ1n) is 5.09. The molecule has 0 aliphatic heterocycles. The van der Waals surface area contributed by atoms with Gasteiger partial charge in [-0.2, -0.15) is 0 Å². The van der Waals surface area contributed by atoms with Crippen molar-refractivity contribution in [3.8, 4) is 0 Å². The molecule has 0 spiro atoms. The highest BCUT2D eigenvalue weighted by Crippen LogP contribution is 2.24. The van der Waals surface area contributed by atoms with Crippen molar-refractivity contribution in [2.45, 2.75) is 13.8 Å². The number of hydrogen-bond acceptors (Lipinski definition) is 3. The monoisotopic (exact) mass is 311 g/mol. The Bertz CT molecular complexity index is 557. The number of hydrogen-bond donors (Lipinski definition) is 1. The van der Waals surface area contributed by atoms with Crippen LogP contribution in [-0.2, 0) is 0 Å². The summed E-state index contributed by atoms with van der Waals surface area (Å²) in [5.41, 5.74) is 2.63. The molecule has 0 atom stereocenters. The van der Waals surface area contributed by atoms with Gasteiger partial charge in [0.05, 0.1) is 11.4 Å². The van der Waals surface area contributed by atoms with Crippen LogP contribution in [0.1, 0.15) is 11.4 Å². The van der Waals surface area contributed by atoms with E-state index in [1.54, 1.807) is 0 Å². The molecule has 0 saturated heterocycles. The molecule has 0 radical (unpaired) electrons. The van der Waals surface area contributed by atoms with Crippen LogP contribution in [0.3, 0.4) is 0 Å². The van der Waals surface area contributed by atoms with Gasteiger partial charge in [0, 0.05) is 10.2 Å². The summed E-state index contributed by atoms with van der Waals surface area (Å²) < 4.78 is 0.996. The second kappa shape index (κ2) is 5.02. The summed E-state index contributed by atoms with van der Waals surface area (Å²) in [5.74, 6) is 0.577. The van der Waals surface area contributed by atoms with Crippen LogP contribution in [0, 0.1) is 13.8 Å². The Kier molecular flexibility index (Phi) is 3.64. The Morgan fingerprint density at radius 1 is 1.18 bits per heavy atom. The van der Waals surface area contributed by atoms with Gasteiger partial charge in [-0.05, 0) is 32.0 Å². The molecule has 1 heterocycles. The number of nitrogens with one attached hydrogen (secondary N) is 1. The molecule has 0 aliphatic carbocycles. The number of aromatic nitrogens is 2. The van der Waals surface area contributed by atoms with Gasteiger partial charge in [0.25, 0.3) is 0 Å². The average Bonchev–Trinajstić information content (AvgIpc) is 2.26. The molecule has 0 bridgehead atoms. The molecule has 88 valence electrons. The first kappa shape index (κ1) is 12.3. The van der Waals surface area contributed by atoms with Gasteiger partial charge in [-0.3, -0.25) is 0 Å². The Balaban J connectivity index is 2.33. The van der Waals surface area contributed by atoms with E-state index in [2.05, 4.69) is 31.2 Å². The van der Waals surface area contributed by atoms with Crippen molar-refractivity contribution in [2.75, 3.05) is 5.32 Å². The number of rotatable bonds is 2. The van der Waals surface area contributed by atoms with Crippen LogP contribution in [-0.4, -0.2) is 9.97 Å². The van der Waals surface area contributed by atoms with E-state index >= 15 is 0 Å². The second-order valence-corrected chi connectivity index (χ2v) is 4.94. The van der Waals surface area contributed by atoms with Crippen molar-refractivity contribution in [1.82, 2.24) is 9.97 Å². The summed E-state index contributed by atoms with van der Waals surface area (Å²) in [6, 6.07) is 7.79. The minimum Gasteiger partial charge on any atom is -0.338 e. The van der Waals surface area contributed by atoms with Gasteiger partial charge < -0.3 is 5.32 Å². The van der Waals surface area contributed by atoms with Gasteiger partial charge in [0.1, 0.15) is 0 Å². The molecule has 0 fully saturated rings. The molecule has 1 aromatic carbocycles. The zero-order valence-corrected chi connectivity index (χ0v) is 11.8. The van der Waals surface area contributed by atoms with E-state index in [9.17, 15) is 0 Å². The molecule has 1 N–H and O–H groups in total. The van der Waals surface area contributed by atoms with Gasteiger partial charge in [-0.25, -0.2) is 9.97 Å². The van der Waals surface area contributed by atoms with Crippen molar-refractivity contribution in [3.63, 3.8) is 0 Å². The maximum Gasteiger partial charge on any atom is 0.172 e. The quantitative estimate of drug-likeness (QED) is 0.900. The van der Waals surface area contributed by atoms with Crippen molar-refractivity contribution in [2.24, 2.45) is 0 Å². The molecule has 2 rings (SSSR count). The number of aryl methyl sites for hydroxylation is 2. The van der Waals surface area contributed by atoms with Gasteiger partial charge >= 0.3 is 0 Å². The zero-order valence-electron chi connectivity index (χ0n) is 9.46. The normalized spacial score (nSPS) is 10.4. The van der Waals surface area contributed by atoms with Crippen LogP contribution in [0.5, 0.6) is 0 Å². The number of benzene rings is 1. The van der Waals surface area contributed by atoms with Gasteiger partial charge in [-0.1, -0.05) is 33.6 Å². The third-order valence-electron chi connectivity index (χ3n) is 2.35. The predicted molar refractivity (Wildman–Crippen MR) is 73.9 cm³/mol. The minimum atomic E-state index is 0.382. The van der Waals surface area contributed by atoms with Crippen molar-refractivity contribution >= 4 is 39.0 Å². The Labute approximate surface area is 113 Å². The summed E-state index contributed by atoms with van der Waals surface area (Å²) in [4.78, 5) is 8.60. The lowest BCUT2D eigenvalue weighted by Gasteiger charge is -2.09. The molecule has 0 aliphatic rings. The molecular weight excluding hydrogens is 302 g/mol. The van der Waals surface area contributed by atoms with E-state index in [0.29, 0.717) is 11.0 Å². The summed E-state index contributed by atoms with van der Waals surface area (Å²) in [7, 11) is 0. The Hall–Kier alpha value is -1.13. The van der Waals surface area contributed by atoms with Crippen LogP contribution in [0.4, 0.5) is 11.5 Å². The lowest BCUT2D eigenvalue weighted by atomic mass is 10.3. The smallest absolute Gasteiger partial charge is 0.172 e. The summed E-state index contributed by atoms with van der Waals surface area (Å²) in [6.07, 6.45) is 0. The summed E-state index contributed by atoms with van der Waals surface area (Å²) in [6.45, 7) is 3.79. The maximum atomic E-state index is 6.04. The number of anilines is 2. The predicted octanol–water partition coefficient (Wildman–Crippen LogP) is 4.25. The van der Waals surface area contributed by atoms with E-state index < -0.39 is 0 Å². The van der Waals surface area contributed by atoms with Crippen LogP contribution < -0.4 is 5.32 Å². The van der Waals surface area contributed by atoms with Crippen molar-refractivity contribution in [3.05, 3.63) is 45.3 Å². The fourth-order valence-electron chi connectivity index (χ4n) is 1.36. The van der Waals surface area contributed by atoms with E-state index in [1.165, 1.54) is 0 Å². The molecular formula is C12H11BrClN3. The highest BCUT2D eigenvalue weighted by molar-refractivity contribution is 9.10. The molecule has 5 heteroatoms. The molecule has 0 unspecified atom stereocenters. The van der Waals surface area contributed by atoms with Crippen LogP contribution in [0.25, 0.3) is 0 Å². The van der Waals surface area contributed by atoms with Gasteiger partial charge in [-0.15, -0.1) is 0 Å². The molecule has 0 amide bonds. The maximum absolute atomic E-state index is 6.04. The van der Waals surface area contributed by atoms with E-state index in [-0.39, 0.29) is 0 Å². The second-order valence-electron chi connectivity index (χ2n) is 3.67. The fraction of sp³-hybridized carbons (Fsp3) is 0.167. The Morgan fingerprint density at radius 2 is 1.88 bits per heavy atom. The first-order chi connectivity index (χ1) is 8.06. The highest BCUT2D eigenvalue weighted by atomic mass is 79.9. The van der Waals surface area contributed by atoms with Crippen LogP contribution in [0.2, 0.25) is 5.15 Å². The average molecular weight is 313 g/mol. The third-order valence-corrected chi connectivity index (χ3v) is 3.11. The topological polar surface area (TPSA) is 37.8 Å². The molecule has 1 aromatic heterocycles. The SMILES string of the molecule is Cc1nc(Cl)c(Nc2cccc(Br)c2)nc1C. The van der Waals surface area contributed by atoms with E-state index in [1.807, 2.05) is 38.1 Å². The summed E-state index contributed by atoms with van der Waals surface area (Å²) >= 11 is 9.45. The minimum absolute atomic E-state index is 0.382. The van der Waals surface area contributed by atoms with E-state index in [4.69, 9.17) is 11.6 Å². The summed E-state index contributed by atoms with van der Waals surface area (Å²) in [5, 5.41) is 3.53. The zero-order chi connectivity index (χ0) is 12.4. The number of halogens is 2. The molecule has 17 heavy (non-hydrogen) atoms. The van der Waals surface area contributed by atoms with Gasteiger partial charge in [0.15, 0.2) is 11.0 Å². The fourth-order valence-corrected chi connectivity index (χ4v) is 1.97. The first-order valence-corrected chi connectivity index (χ1v) is 6.26. The molecule has 2 aromatic rings. The lowest BCUT2D eigenvalue weighted by Crippen LogP contribution is -2.00. The van der Waals surface area contributed by atoms with Crippen molar-refractivity contribution in [1.29, 1.82) is 0 Å². The Morgan fingerprint density at radius 3 is 2.59 bits per heavy atom. The largest absolute Gasteiger partial charge is 0.338 e. The van der Waals surface area contributed by atoms with Crippen LogP contribution in [0.15, 0.2) is 28.7 Å². The van der Waals surface area contributed by atoms with E-state index in [0.717, 1.165) is 21.5 Å². The van der Waals surface area contributed by atoms with Crippen LogP contribution >= 0.6 is 27.5 Å². The standard InChI is InChI=1S/C12H11BrClN3/c1-7-8(2)16-12(11(14)15-7)17-10-5-3-4-9(13)6-10/h3-6H,1-2H3,(H,16,17). The third kappa shape index (κ3) is 2.96. The highest BCUT2D eigenvalue weighted by Gasteiger charge is 2.07. The molecule has 3 nitrogen and oxygen atoms in total.